The smallest absolute Gasteiger partial charge is 0.0624 e. The quantitative estimate of drug-likeness (QED) is 0.662. The standard InChI is InChI=1S/C9H11ClN/c1-3-7(2)9-8(10)5-4-6-11-9/h4-7H,2-3H2,1H3. The number of aromatic nitrogens is 1. The van der Waals surface area contributed by atoms with Crippen LogP contribution < -0.4 is 0 Å². The Morgan fingerprint density at radius 1 is 1.73 bits per heavy atom. The molecule has 0 aliphatic heterocycles. The number of hydrogen-bond donors (Lipinski definition) is 0. The Morgan fingerprint density at radius 3 is 3.00 bits per heavy atom. The van der Waals surface area contributed by atoms with E-state index in [0.29, 0.717) is 5.02 Å². The van der Waals surface area contributed by atoms with Gasteiger partial charge in [-0.25, -0.2) is 0 Å². The molecule has 1 unspecified atom stereocenters. The molecule has 0 spiro atoms. The van der Waals surface area contributed by atoms with E-state index >= 15 is 0 Å². The van der Waals surface area contributed by atoms with Gasteiger partial charge >= 0.3 is 0 Å². The van der Waals surface area contributed by atoms with Crippen molar-refractivity contribution in [3.05, 3.63) is 36.0 Å². The van der Waals surface area contributed by atoms with Gasteiger partial charge in [-0.1, -0.05) is 18.5 Å². The van der Waals surface area contributed by atoms with Crippen molar-refractivity contribution in [3.8, 4) is 0 Å². The van der Waals surface area contributed by atoms with Gasteiger partial charge in [0.05, 0.1) is 10.7 Å². The number of pyridine rings is 1. The summed E-state index contributed by atoms with van der Waals surface area (Å²) >= 11 is 5.90. The van der Waals surface area contributed by atoms with Crippen LogP contribution in [0, 0.1) is 6.92 Å². The van der Waals surface area contributed by atoms with Crippen molar-refractivity contribution < 1.29 is 0 Å². The summed E-state index contributed by atoms with van der Waals surface area (Å²) in [5.41, 5.74) is 0.900. The van der Waals surface area contributed by atoms with Crippen LogP contribution in [0.1, 0.15) is 25.0 Å². The molecule has 0 aliphatic rings. The summed E-state index contributed by atoms with van der Waals surface area (Å²) in [7, 11) is 0. The fourth-order valence-electron chi connectivity index (χ4n) is 0.892. The third-order valence-electron chi connectivity index (χ3n) is 1.67. The maximum atomic E-state index is 5.90. The molecule has 0 amide bonds. The van der Waals surface area contributed by atoms with E-state index in [1.54, 1.807) is 6.20 Å². The lowest BCUT2D eigenvalue weighted by Crippen LogP contribution is -1.95. The molecule has 0 saturated carbocycles. The van der Waals surface area contributed by atoms with Gasteiger partial charge in [0.1, 0.15) is 0 Å². The zero-order valence-electron chi connectivity index (χ0n) is 6.55. The zero-order valence-corrected chi connectivity index (χ0v) is 7.30. The van der Waals surface area contributed by atoms with Crippen LogP contribution in [0.4, 0.5) is 0 Å². The first-order chi connectivity index (χ1) is 5.25. The van der Waals surface area contributed by atoms with Crippen molar-refractivity contribution in [2.45, 2.75) is 19.3 Å². The zero-order chi connectivity index (χ0) is 8.27. The Balaban J connectivity index is 2.93. The van der Waals surface area contributed by atoms with Crippen LogP contribution in [-0.2, 0) is 0 Å². The molecule has 0 fully saturated rings. The van der Waals surface area contributed by atoms with E-state index in [0.717, 1.165) is 12.1 Å². The highest BCUT2D eigenvalue weighted by Crippen LogP contribution is 2.22. The molecule has 1 aromatic rings. The van der Waals surface area contributed by atoms with Gasteiger partial charge in [-0.3, -0.25) is 4.98 Å². The molecule has 0 saturated heterocycles. The molecule has 0 aromatic carbocycles. The van der Waals surface area contributed by atoms with Crippen molar-refractivity contribution in [1.82, 2.24) is 4.98 Å². The van der Waals surface area contributed by atoms with Crippen LogP contribution in [0.15, 0.2) is 18.3 Å². The highest BCUT2D eigenvalue weighted by atomic mass is 35.5. The number of nitrogens with zero attached hydrogens (tertiary/aromatic N) is 1. The molecule has 0 bridgehead atoms. The van der Waals surface area contributed by atoms with Gasteiger partial charge in [0, 0.05) is 12.1 Å². The minimum Gasteiger partial charge on any atom is -0.259 e. The second-order valence-electron chi connectivity index (χ2n) is 2.48. The molecular formula is C9H11ClN. The Bertz CT molecular complexity index is 235. The molecule has 11 heavy (non-hydrogen) atoms. The fraction of sp³-hybridized carbons (Fsp3) is 0.333. The predicted molar refractivity (Wildman–Crippen MR) is 47.6 cm³/mol. The molecule has 1 atom stereocenters. The largest absolute Gasteiger partial charge is 0.259 e. The highest BCUT2D eigenvalue weighted by molar-refractivity contribution is 6.31. The van der Waals surface area contributed by atoms with Crippen LogP contribution in [-0.4, -0.2) is 4.98 Å². The van der Waals surface area contributed by atoms with E-state index < -0.39 is 0 Å². The predicted octanol–water partition coefficient (Wildman–Crippen LogP) is 3.06. The van der Waals surface area contributed by atoms with Crippen LogP contribution in [0.25, 0.3) is 0 Å². The molecule has 1 radical (unpaired) electrons. The van der Waals surface area contributed by atoms with E-state index in [4.69, 9.17) is 11.6 Å². The molecule has 0 N–H and O–H groups in total. The lowest BCUT2D eigenvalue weighted by atomic mass is 10.0. The van der Waals surface area contributed by atoms with Crippen molar-refractivity contribution in [2.24, 2.45) is 0 Å². The third-order valence-corrected chi connectivity index (χ3v) is 1.99. The minimum atomic E-state index is 0.212. The van der Waals surface area contributed by atoms with Gasteiger partial charge < -0.3 is 0 Å². The Kier molecular flexibility index (Phi) is 2.89. The summed E-state index contributed by atoms with van der Waals surface area (Å²) in [5.74, 6) is 0.212. The molecule has 1 heterocycles. The summed E-state index contributed by atoms with van der Waals surface area (Å²) in [4.78, 5) is 4.15. The normalized spacial score (nSPS) is 13.0. The van der Waals surface area contributed by atoms with Crippen molar-refractivity contribution >= 4 is 11.6 Å². The SMILES string of the molecule is [CH2]C(CC)c1ncccc1Cl. The topological polar surface area (TPSA) is 12.9 Å². The molecule has 1 nitrogen and oxygen atoms in total. The molecule has 59 valence electrons. The summed E-state index contributed by atoms with van der Waals surface area (Å²) in [6.45, 7) is 6.01. The van der Waals surface area contributed by atoms with E-state index in [2.05, 4.69) is 18.8 Å². The first-order valence-electron chi connectivity index (χ1n) is 3.69. The van der Waals surface area contributed by atoms with Gasteiger partial charge in [-0.15, -0.1) is 0 Å². The monoisotopic (exact) mass is 168 g/mol. The van der Waals surface area contributed by atoms with Crippen molar-refractivity contribution in [2.75, 3.05) is 0 Å². The van der Waals surface area contributed by atoms with E-state index in [1.165, 1.54) is 0 Å². The summed E-state index contributed by atoms with van der Waals surface area (Å²) in [6, 6.07) is 3.67. The van der Waals surface area contributed by atoms with Crippen molar-refractivity contribution in [1.29, 1.82) is 0 Å². The van der Waals surface area contributed by atoms with Crippen LogP contribution in [0.2, 0.25) is 5.02 Å². The molecule has 2 heteroatoms. The first kappa shape index (κ1) is 8.54. The Hall–Kier alpha value is -0.560. The van der Waals surface area contributed by atoms with Crippen LogP contribution in [0.5, 0.6) is 0 Å². The number of halogens is 1. The summed E-state index contributed by atoms with van der Waals surface area (Å²) in [5, 5.41) is 0.717. The first-order valence-corrected chi connectivity index (χ1v) is 4.07. The van der Waals surface area contributed by atoms with Crippen LogP contribution >= 0.6 is 11.6 Å². The molecular weight excluding hydrogens is 158 g/mol. The number of rotatable bonds is 2. The second-order valence-corrected chi connectivity index (χ2v) is 2.88. The van der Waals surface area contributed by atoms with E-state index in [1.807, 2.05) is 12.1 Å². The van der Waals surface area contributed by atoms with E-state index in [-0.39, 0.29) is 5.92 Å². The maximum Gasteiger partial charge on any atom is 0.0624 e. The summed E-state index contributed by atoms with van der Waals surface area (Å²) in [6.07, 6.45) is 2.71. The van der Waals surface area contributed by atoms with Crippen LogP contribution in [0.3, 0.4) is 0 Å². The minimum absolute atomic E-state index is 0.212. The van der Waals surface area contributed by atoms with Gasteiger partial charge in [0.15, 0.2) is 0 Å². The highest BCUT2D eigenvalue weighted by Gasteiger charge is 2.07. The summed E-state index contributed by atoms with van der Waals surface area (Å²) < 4.78 is 0. The molecule has 0 aliphatic carbocycles. The lowest BCUT2D eigenvalue weighted by Gasteiger charge is -2.08. The van der Waals surface area contributed by atoms with Gasteiger partial charge in [0.2, 0.25) is 0 Å². The van der Waals surface area contributed by atoms with Gasteiger partial charge in [-0.05, 0) is 25.5 Å². The lowest BCUT2D eigenvalue weighted by molar-refractivity contribution is 0.772. The Labute approximate surface area is 72.4 Å². The average Bonchev–Trinajstić information content (AvgIpc) is 2.04. The third kappa shape index (κ3) is 1.93. The van der Waals surface area contributed by atoms with Gasteiger partial charge in [0.25, 0.3) is 0 Å². The molecule has 1 rings (SSSR count). The fourth-order valence-corrected chi connectivity index (χ4v) is 1.17. The Morgan fingerprint density at radius 2 is 2.45 bits per heavy atom. The van der Waals surface area contributed by atoms with E-state index in [9.17, 15) is 0 Å². The molecule has 1 aromatic heterocycles. The number of hydrogen-bond acceptors (Lipinski definition) is 1. The van der Waals surface area contributed by atoms with Gasteiger partial charge in [-0.2, -0.15) is 0 Å². The maximum absolute atomic E-state index is 5.90. The average molecular weight is 169 g/mol. The second kappa shape index (κ2) is 3.72. The van der Waals surface area contributed by atoms with Crippen molar-refractivity contribution in [3.63, 3.8) is 0 Å².